The molecule has 0 saturated heterocycles. The van der Waals surface area contributed by atoms with Crippen molar-refractivity contribution in [3.63, 3.8) is 0 Å². The molecule has 0 aliphatic heterocycles. The molecule has 1 aromatic heterocycles. The lowest BCUT2D eigenvalue weighted by Gasteiger charge is -2.11. The first-order valence-corrected chi connectivity index (χ1v) is 8.24. The van der Waals surface area contributed by atoms with E-state index in [1.165, 1.54) is 0 Å². The second-order valence-corrected chi connectivity index (χ2v) is 5.50. The van der Waals surface area contributed by atoms with Crippen molar-refractivity contribution in [2.45, 2.75) is 13.5 Å². The summed E-state index contributed by atoms with van der Waals surface area (Å²) in [5, 5.41) is 2.68. The Morgan fingerprint density at radius 2 is 1.88 bits per heavy atom. The Kier molecular flexibility index (Phi) is 5.48. The summed E-state index contributed by atoms with van der Waals surface area (Å²) < 4.78 is 12.2. The molecule has 0 aliphatic carbocycles. The number of fused-ring (bicyclic) bond motifs is 1. The average molecular weight is 353 g/mol. The van der Waals surface area contributed by atoms with Gasteiger partial charge in [-0.2, -0.15) is 0 Å². The second-order valence-electron chi connectivity index (χ2n) is 5.50. The maximum Gasteiger partial charge on any atom is 0.326 e. The van der Waals surface area contributed by atoms with Crippen molar-refractivity contribution in [3.05, 3.63) is 54.9 Å². The summed E-state index contributed by atoms with van der Waals surface area (Å²) in [6.45, 7) is 1.97. The van der Waals surface area contributed by atoms with E-state index in [0.29, 0.717) is 18.0 Å². The van der Waals surface area contributed by atoms with E-state index >= 15 is 0 Å². The van der Waals surface area contributed by atoms with Crippen LogP contribution in [-0.2, 0) is 20.9 Å². The van der Waals surface area contributed by atoms with Crippen LogP contribution in [0.15, 0.2) is 54.9 Å². The molecule has 7 heteroatoms. The molecule has 1 N–H and O–H groups in total. The Morgan fingerprint density at radius 3 is 2.73 bits per heavy atom. The molecule has 3 rings (SSSR count). The molecular formula is C19H19N3O4. The molecule has 0 radical (unpaired) electrons. The SMILES string of the molecule is CCOc1ccccc1NC(=O)COC(=O)Cn1cnc2ccccc21. The van der Waals surface area contributed by atoms with E-state index in [2.05, 4.69) is 10.3 Å². The quantitative estimate of drug-likeness (QED) is 0.660. The van der Waals surface area contributed by atoms with Crippen molar-refractivity contribution < 1.29 is 19.1 Å². The number of benzene rings is 2. The van der Waals surface area contributed by atoms with Crippen molar-refractivity contribution in [3.8, 4) is 5.75 Å². The van der Waals surface area contributed by atoms with Gasteiger partial charge in [0.05, 0.1) is 29.7 Å². The van der Waals surface area contributed by atoms with Crippen LogP contribution >= 0.6 is 0 Å². The number of amides is 1. The van der Waals surface area contributed by atoms with Gasteiger partial charge in [-0.15, -0.1) is 0 Å². The largest absolute Gasteiger partial charge is 0.492 e. The number of imidazole rings is 1. The van der Waals surface area contributed by atoms with Crippen LogP contribution in [0.3, 0.4) is 0 Å². The first kappa shape index (κ1) is 17.5. The molecule has 7 nitrogen and oxygen atoms in total. The monoisotopic (exact) mass is 353 g/mol. The maximum absolute atomic E-state index is 12.0. The number of para-hydroxylation sites is 4. The number of nitrogens with one attached hydrogen (secondary N) is 1. The van der Waals surface area contributed by atoms with Crippen molar-refractivity contribution in [1.82, 2.24) is 9.55 Å². The number of carbonyl (C=O) groups is 2. The lowest BCUT2D eigenvalue weighted by Crippen LogP contribution is -2.23. The molecule has 0 aliphatic rings. The van der Waals surface area contributed by atoms with Gasteiger partial charge in [-0.3, -0.25) is 9.59 Å². The molecule has 0 saturated carbocycles. The topological polar surface area (TPSA) is 82.5 Å². The van der Waals surface area contributed by atoms with Gasteiger partial charge < -0.3 is 19.4 Å². The number of rotatable bonds is 7. The lowest BCUT2D eigenvalue weighted by molar-refractivity contribution is -0.147. The molecule has 0 fully saturated rings. The van der Waals surface area contributed by atoms with Gasteiger partial charge in [0, 0.05) is 0 Å². The van der Waals surface area contributed by atoms with Crippen LogP contribution in [-0.4, -0.2) is 34.6 Å². The predicted molar refractivity (Wildman–Crippen MR) is 96.9 cm³/mol. The van der Waals surface area contributed by atoms with E-state index in [-0.39, 0.29) is 13.2 Å². The number of anilines is 1. The highest BCUT2D eigenvalue weighted by atomic mass is 16.5. The number of esters is 1. The fourth-order valence-electron chi connectivity index (χ4n) is 2.50. The van der Waals surface area contributed by atoms with Gasteiger partial charge in [0.25, 0.3) is 5.91 Å². The van der Waals surface area contributed by atoms with E-state index in [1.54, 1.807) is 29.1 Å². The number of carbonyl (C=O) groups excluding carboxylic acids is 2. The van der Waals surface area contributed by atoms with Crippen LogP contribution in [0.4, 0.5) is 5.69 Å². The lowest BCUT2D eigenvalue weighted by atomic mass is 10.3. The summed E-state index contributed by atoms with van der Waals surface area (Å²) >= 11 is 0. The number of ether oxygens (including phenoxy) is 2. The molecule has 134 valence electrons. The summed E-state index contributed by atoms with van der Waals surface area (Å²) in [4.78, 5) is 28.2. The molecule has 1 heterocycles. The van der Waals surface area contributed by atoms with Gasteiger partial charge in [-0.1, -0.05) is 24.3 Å². The Morgan fingerprint density at radius 1 is 1.12 bits per heavy atom. The third-order valence-corrected chi connectivity index (χ3v) is 3.65. The number of hydrogen-bond donors (Lipinski definition) is 1. The standard InChI is InChI=1S/C19H19N3O4/c1-2-25-17-10-6-4-8-15(17)21-18(23)12-26-19(24)11-22-13-20-14-7-3-5-9-16(14)22/h3-10,13H,2,11-12H2,1H3,(H,21,23). The Bertz CT molecular complexity index is 920. The minimum atomic E-state index is -0.513. The molecule has 0 spiro atoms. The van der Waals surface area contributed by atoms with Crippen molar-refractivity contribution in [2.24, 2.45) is 0 Å². The van der Waals surface area contributed by atoms with Crippen LogP contribution in [0.5, 0.6) is 5.75 Å². The summed E-state index contributed by atoms with van der Waals surface area (Å²) in [6, 6.07) is 14.6. The molecular weight excluding hydrogens is 334 g/mol. The maximum atomic E-state index is 12.0. The van der Waals surface area contributed by atoms with E-state index in [4.69, 9.17) is 9.47 Å². The van der Waals surface area contributed by atoms with Gasteiger partial charge in [-0.25, -0.2) is 4.98 Å². The normalized spacial score (nSPS) is 10.5. The van der Waals surface area contributed by atoms with E-state index in [9.17, 15) is 9.59 Å². The highest BCUT2D eigenvalue weighted by Crippen LogP contribution is 2.23. The Labute approximate surface area is 150 Å². The van der Waals surface area contributed by atoms with Gasteiger partial charge in [0.2, 0.25) is 0 Å². The Balaban J connectivity index is 1.54. The second kappa shape index (κ2) is 8.15. The smallest absolute Gasteiger partial charge is 0.326 e. The van der Waals surface area contributed by atoms with Gasteiger partial charge in [0.1, 0.15) is 12.3 Å². The van der Waals surface area contributed by atoms with Crippen LogP contribution in [0.25, 0.3) is 11.0 Å². The van der Waals surface area contributed by atoms with Gasteiger partial charge >= 0.3 is 5.97 Å². The fraction of sp³-hybridized carbons (Fsp3) is 0.211. The number of nitrogens with zero attached hydrogens (tertiary/aromatic N) is 2. The molecule has 3 aromatic rings. The first-order valence-electron chi connectivity index (χ1n) is 8.24. The van der Waals surface area contributed by atoms with Crippen molar-refractivity contribution >= 4 is 28.6 Å². The summed E-state index contributed by atoms with van der Waals surface area (Å²) in [7, 11) is 0. The van der Waals surface area contributed by atoms with E-state index in [0.717, 1.165) is 11.0 Å². The van der Waals surface area contributed by atoms with Crippen molar-refractivity contribution in [1.29, 1.82) is 0 Å². The fourth-order valence-corrected chi connectivity index (χ4v) is 2.50. The summed E-state index contributed by atoms with van der Waals surface area (Å²) in [6.07, 6.45) is 1.57. The minimum Gasteiger partial charge on any atom is -0.492 e. The zero-order valence-corrected chi connectivity index (χ0v) is 14.3. The van der Waals surface area contributed by atoms with Crippen LogP contribution in [0.2, 0.25) is 0 Å². The molecule has 1 amide bonds. The highest BCUT2D eigenvalue weighted by Gasteiger charge is 2.12. The first-order chi connectivity index (χ1) is 12.7. The zero-order valence-electron chi connectivity index (χ0n) is 14.3. The highest BCUT2D eigenvalue weighted by molar-refractivity contribution is 5.94. The van der Waals surface area contributed by atoms with E-state index in [1.807, 2.05) is 37.3 Å². The average Bonchev–Trinajstić information content (AvgIpc) is 3.05. The third kappa shape index (κ3) is 4.18. The number of aromatic nitrogens is 2. The number of hydrogen-bond acceptors (Lipinski definition) is 5. The van der Waals surface area contributed by atoms with Gasteiger partial charge in [0.15, 0.2) is 6.61 Å². The summed E-state index contributed by atoms with van der Waals surface area (Å²) in [5.74, 6) is -0.373. The molecule has 2 aromatic carbocycles. The Hall–Kier alpha value is -3.35. The molecule has 0 bridgehead atoms. The van der Waals surface area contributed by atoms with E-state index < -0.39 is 11.9 Å². The molecule has 0 atom stereocenters. The molecule has 0 unspecified atom stereocenters. The van der Waals surface area contributed by atoms with Crippen LogP contribution < -0.4 is 10.1 Å². The minimum absolute atomic E-state index is 0.0106. The summed E-state index contributed by atoms with van der Waals surface area (Å²) in [5.41, 5.74) is 2.17. The zero-order chi connectivity index (χ0) is 18.4. The molecule has 26 heavy (non-hydrogen) atoms. The predicted octanol–water partition coefficient (Wildman–Crippen LogP) is 2.62. The van der Waals surface area contributed by atoms with Crippen LogP contribution in [0, 0.1) is 0 Å². The van der Waals surface area contributed by atoms with Crippen molar-refractivity contribution in [2.75, 3.05) is 18.5 Å². The third-order valence-electron chi connectivity index (χ3n) is 3.65. The van der Waals surface area contributed by atoms with Gasteiger partial charge in [-0.05, 0) is 31.2 Å². The van der Waals surface area contributed by atoms with Crippen LogP contribution in [0.1, 0.15) is 6.92 Å².